The molecule has 1 N–H and O–H groups in total. The average molecular weight is 406 g/mol. The molecule has 1 aliphatic rings. The monoisotopic (exact) mass is 405 g/mol. The average Bonchev–Trinajstić information content (AvgIpc) is 3.37. The zero-order chi connectivity index (χ0) is 19.7. The molecular formula is C19H27N5O3S. The van der Waals surface area contributed by atoms with Gasteiger partial charge in [0.2, 0.25) is 0 Å². The fraction of sp³-hybridized carbons (Fsp3) is 0.632. The smallest absolute Gasteiger partial charge is 0.179 e. The van der Waals surface area contributed by atoms with Crippen molar-refractivity contribution in [1.29, 1.82) is 0 Å². The molecule has 1 aliphatic carbocycles. The maximum absolute atomic E-state index is 12.5. The minimum Gasteiger partial charge on any atom is -0.381 e. The Labute approximate surface area is 164 Å². The summed E-state index contributed by atoms with van der Waals surface area (Å²) in [6, 6.07) is 1.98. The van der Waals surface area contributed by atoms with Crippen molar-refractivity contribution in [2.75, 3.05) is 24.7 Å². The van der Waals surface area contributed by atoms with Crippen LogP contribution in [0.1, 0.15) is 44.9 Å². The molecule has 152 valence electrons. The van der Waals surface area contributed by atoms with Crippen molar-refractivity contribution in [3.8, 4) is 0 Å². The highest BCUT2D eigenvalue weighted by atomic mass is 32.2. The van der Waals surface area contributed by atoms with Gasteiger partial charge in [0.1, 0.15) is 5.82 Å². The van der Waals surface area contributed by atoms with Gasteiger partial charge >= 0.3 is 0 Å². The molecule has 4 rings (SSSR count). The lowest BCUT2D eigenvalue weighted by atomic mass is 9.93. The van der Waals surface area contributed by atoms with Gasteiger partial charge in [-0.2, -0.15) is 0 Å². The number of hydrogen-bond acceptors (Lipinski definition) is 6. The predicted octanol–water partition coefficient (Wildman–Crippen LogP) is 2.58. The second-order valence-electron chi connectivity index (χ2n) is 7.65. The van der Waals surface area contributed by atoms with Crippen LogP contribution in [0.4, 0.5) is 0 Å². The summed E-state index contributed by atoms with van der Waals surface area (Å²) in [6.45, 7) is 4.86. The van der Waals surface area contributed by atoms with Gasteiger partial charge in [-0.1, -0.05) is 13.3 Å². The van der Waals surface area contributed by atoms with E-state index in [1.54, 1.807) is 6.20 Å². The van der Waals surface area contributed by atoms with Crippen molar-refractivity contribution in [1.82, 2.24) is 24.6 Å². The number of aromatic amines is 1. The van der Waals surface area contributed by atoms with Gasteiger partial charge in [-0.3, -0.25) is 4.40 Å². The number of aromatic nitrogens is 5. The first kappa shape index (κ1) is 19.3. The van der Waals surface area contributed by atoms with Crippen LogP contribution in [-0.4, -0.2) is 57.7 Å². The molecule has 1 fully saturated rings. The quantitative estimate of drug-likeness (QED) is 0.578. The van der Waals surface area contributed by atoms with Crippen LogP contribution in [0.3, 0.4) is 0 Å². The Morgan fingerprint density at radius 3 is 2.93 bits per heavy atom. The van der Waals surface area contributed by atoms with Crippen molar-refractivity contribution in [2.45, 2.75) is 39.0 Å². The van der Waals surface area contributed by atoms with Gasteiger partial charge in [-0.25, -0.2) is 13.4 Å². The Kier molecular flexibility index (Phi) is 5.37. The molecule has 8 nitrogen and oxygen atoms in total. The highest BCUT2D eigenvalue weighted by molar-refractivity contribution is 7.91. The van der Waals surface area contributed by atoms with E-state index in [-0.39, 0.29) is 29.9 Å². The van der Waals surface area contributed by atoms with Gasteiger partial charge in [-0.15, -0.1) is 10.2 Å². The first-order valence-corrected chi connectivity index (χ1v) is 11.8. The van der Waals surface area contributed by atoms with Crippen LogP contribution in [-0.2, 0) is 14.6 Å². The van der Waals surface area contributed by atoms with E-state index in [1.807, 2.05) is 19.2 Å². The van der Waals surface area contributed by atoms with Gasteiger partial charge in [0.05, 0.1) is 29.8 Å². The molecule has 0 radical (unpaired) electrons. The molecule has 0 amide bonds. The van der Waals surface area contributed by atoms with E-state index < -0.39 is 9.84 Å². The first-order chi connectivity index (χ1) is 13.5. The molecule has 0 saturated heterocycles. The number of ether oxygens (including phenoxy) is 1. The molecule has 0 aliphatic heterocycles. The van der Waals surface area contributed by atoms with Crippen LogP contribution in [0.5, 0.6) is 0 Å². The molecule has 9 heteroatoms. The molecule has 0 unspecified atom stereocenters. The summed E-state index contributed by atoms with van der Waals surface area (Å²) >= 11 is 0. The SMILES string of the molecule is CCOCCS(=O)(=O)C[C@H]1C[C@@H](CC)[C@@H](c2nnc3cnc4[nH]ccc4n23)C1. The molecule has 28 heavy (non-hydrogen) atoms. The maximum Gasteiger partial charge on any atom is 0.179 e. The number of fused-ring (bicyclic) bond motifs is 3. The number of rotatable bonds is 8. The molecule has 1 saturated carbocycles. The van der Waals surface area contributed by atoms with E-state index in [0.717, 1.165) is 41.9 Å². The van der Waals surface area contributed by atoms with Crippen LogP contribution < -0.4 is 0 Å². The van der Waals surface area contributed by atoms with E-state index in [2.05, 4.69) is 31.5 Å². The van der Waals surface area contributed by atoms with Gasteiger partial charge in [-0.05, 0) is 37.7 Å². The zero-order valence-electron chi connectivity index (χ0n) is 16.3. The normalized spacial score (nSPS) is 23.1. The van der Waals surface area contributed by atoms with E-state index in [1.165, 1.54) is 0 Å². The third-order valence-corrected chi connectivity index (χ3v) is 7.62. The van der Waals surface area contributed by atoms with E-state index in [9.17, 15) is 8.42 Å². The van der Waals surface area contributed by atoms with Crippen LogP contribution >= 0.6 is 0 Å². The summed E-state index contributed by atoms with van der Waals surface area (Å²) in [5.74, 6) is 2.00. The lowest BCUT2D eigenvalue weighted by Gasteiger charge is -2.16. The zero-order valence-corrected chi connectivity index (χ0v) is 17.2. The third kappa shape index (κ3) is 3.65. The Bertz CT molecular complexity index is 1060. The number of nitrogens with one attached hydrogen (secondary N) is 1. The fourth-order valence-electron chi connectivity index (χ4n) is 4.55. The molecular weight excluding hydrogens is 378 g/mol. The Morgan fingerprint density at radius 1 is 1.29 bits per heavy atom. The lowest BCUT2D eigenvalue weighted by molar-refractivity contribution is 0.163. The molecule has 0 spiro atoms. The first-order valence-electron chi connectivity index (χ1n) is 9.97. The summed E-state index contributed by atoms with van der Waals surface area (Å²) < 4.78 is 32.2. The highest BCUT2D eigenvalue weighted by Crippen LogP contribution is 2.45. The molecule has 3 heterocycles. The number of H-pyrrole nitrogens is 1. The maximum atomic E-state index is 12.5. The summed E-state index contributed by atoms with van der Waals surface area (Å²) in [5, 5.41) is 8.80. The third-order valence-electron chi connectivity index (χ3n) is 5.85. The van der Waals surface area contributed by atoms with Crippen molar-refractivity contribution >= 4 is 26.6 Å². The summed E-state index contributed by atoms with van der Waals surface area (Å²) in [5.41, 5.74) is 2.49. The van der Waals surface area contributed by atoms with Gasteiger partial charge < -0.3 is 9.72 Å². The predicted molar refractivity (Wildman–Crippen MR) is 107 cm³/mol. The van der Waals surface area contributed by atoms with Crippen LogP contribution in [0.25, 0.3) is 16.8 Å². The Hall–Kier alpha value is -2.00. The Morgan fingerprint density at radius 2 is 2.14 bits per heavy atom. The molecule has 3 atom stereocenters. The van der Waals surface area contributed by atoms with Crippen LogP contribution in [0, 0.1) is 11.8 Å². The number of sulfone groups is 1. The second-order valence-corrected chi connectivity index (χ2v) is 9.87. The van der Waals surface area contributed by atoms with Crippen LogP contribution in [0.15, 0.2) is 18.5 Å². The standard InChI is InChI=1S/C19H27N5O3S/c1-3-14-9-13(12-28(25,26)8-7-27-4-2)10-15(14)19-23-22-17-11-21-18-16(24(17)19)5-6-20-18/h5-6,11,13-15,20H,3-4,7-10,12H2,1-2H3/t13-,14+,15-/m0/s1. The fourth-order valence-corrected chi connectivity index (χ4v) is 6.08. The summed E-state index contributed by atoms with van der Waals surface area (Å²) in [4.78, 5) is 7.51. The van der Waals surface area contributed by atoms with Gasteiger partial charge in [0.25, 0.3) is 0 Å². The van der Waals surface area contributed by atoms with Crippen molar-refractivity contribution in [2.24, 2.45) is 11.8 Å². The van der Waals surface area contributed by atoms with E-state index in [0.29, 0.717) is 12.5 Å². The second kappa shape index (κ2) is 7.79. The molecule has 3 aromatic rings. The van der Waals surface area contributed by atoms with Gasteiger partial charge in [0, 0.05) is 18.7 Å². The largest absolute Gasteiger partial charge is 0.381 e. The number of nitrogens with zero attached hydrogens (tertiary/aromatic N) is 4. The van der Waals surface area contributed by atoms with Gasteiger partial charge in [0.15, 0.2) is 21.1 Å². The van der Waals surface area contributed by atoms with Crippen LogP contribution in [0.2, 0.25) is 0 Å². The lowest BCUT2D eigenvalue weighted by Crippen LogP contribution is -2.20. The summed E-state index contributed by atoms with van der Waals surface area (Å²) in [6.07, 6.45) is 6.31. The Balaban J connectivity index is 1.58. The topological polar surface area (TPSA) is 102 Å². The number of hydrogen-bond donors (Lipinski definition) is 1. The van der Waals surface area contributed by atoms with E-state index >= 15 is 0 Å². The highest BCUT2D eigenvalue weighted by Gasteiger charge is 2.38. The minimum atomic E-state index is -3.11. The van der Waals surface area contributed by atoms with Crippen molar-refractivity contribution in [3.63, 3.8) is 0 Å². The molecule has 3 aromatic heterocycles. The van der Waals surface area contributed by atoms with E-state index in [4.69, 9.17) is 4.74 Å². The molecule has 0 bridgehead atoms. The van der Waals surface area contributed by atoms with Crippen molar-refractivity contribution in [3.05, 3.63) is 24.3 Å². The molecule has 0 aromatic carbocycles. The minimum absolute atomic E-state index is 0.0995. The summed E-state index contributed by atoms with van der Waals surface area (Å²) in [7, 11) is -3.11. The van der Waals surface area contributed by atoms with Crippen molar-refractivity contribution < 1.29 is 13.2 Å².